The molecule has 3 heterocycles. The number of amides is 1. The Morgan fingerprint density at radius 3 is 1.96 bits per heavy atom. The van der Waals surface area contributed by atoms with Gasteiger partial charge in [-0.2, -0.15) is 0 Å². The maximum absolute atomic E-state index is 15.1. The number of hydrogen-bond donors (Lipinski definition) is 1. The van der Waals surface area contributed by atoms with Crippen molar-refractivity contribution in [2.24, 2.45) is 5.92 Å². The van der Waals surface area contributed by atoms with Crippen molar-refractivity contribution in [1.29, 1.82) is 0 Å². The van der Waals surface area contributed by atoms with Crippen molar-refractivity contribution in [2.75, 3.05) is 38.7 Å². The van der Waals surface area contributed by atoms with Gasteiger partial charge >= 0.3 is 0 Å². The Morgan fingerprint density at radius 1 is 0.717 bits per heavy atom. The van der Waals surface area contributed by atoms with Gasteiger partial charge in [0.2, 0.25) is 5.91 Å². The summed E-state index contributed by atoms with van der Waals surface area (Å²) in [5.74, 6) is -0.325. The van der Waals surface area contributed by atoms with E-state index in [0.717, 1.165) is 11.3 Å². The van der Waals surface area contributed by atoms with Gasteiger partial charge in [0.15, 0.2) is 34.6 Å². The van der Waals surface area contributed by atoms with E-state index in [-0.39, 0.29) is 11.6 Å². The third kappa shape index (κ3) is 4.04. The second-order valence-corrected chi connectivity index (χ2v) is 11.4. The van der Waals surface area contributed by atoms with Crippen LogP contribution < -0.4 is 29.2 Å². The van der Waals surface area contributed by atoms with Gasteiger partial charge in [0.05, 0.1) is 40.4 Å². The van der Waals surface area contributed by atoms with Crippen molar-refractivity contribution in [1.82, 2.24) is 0 Å². The van der Waals surface area contributed by atoms with Gasteiger partial charge in [-0.1, -0.05) is 48.6 Å². The first-order valence-corrected chi connectivity index (χ1v) is 14.9. The number of carbonyl (C=O) groups is 3. The molecule has 1 amide bonds. The molecule has 4 aromatic carbocycles. The summed E-state index contributed by atoms with van der Waals surface area (Å²) in [6, 6.07) is 23.2. The number of Topliss-reactive ketones (excluding diaryl/α,β-unsaturated/α-hetero) is 2. The molecule has 1 spiro atoms. The zero-order valence-electron chi connectivity index (χ0n) is 25.8. The Morgan fingerprint density at radius 2 is 1.30 bits per heavy atom. The van der Waals surface area contributed by atoms with E-state index in [1.807, 2.05) is 59.5 Å². The van der Waals surface area contributed by atoms with Crippen molar-refractivity contribution in [3.63, 3.8) is 0 Å². The average molecular weight is 617 g/mol. The first-order valence-electron chi connectivity index (χ1n) is 14.9. The monoisotopic (exact) mass is 616 g/mol. The summed E-state index contributed by atoms with van der Waals surface area (Å²) in [5, 5.41) is 3.03. The molecule has 232 valence electrons. The Balaban J connectivity index is 1.51. The largest absolute Gasteiger partial charge is 0.493 e. The fourth-order valence-corrected chi connectivity index (χ4v) is 7.45. The first kappa shape index (κ1) is 29.2. The highest BCUT2D eigenvalue weighted by Gasteiger charge is 2.71. The minimum absolute atomic E-state index is 0.297. The molecule has 1 fully saturated rings. The van der Waals surface area contributed by atoms with Gasteiger partial charge < -0.3 is 29.2 Å². The predicted molar refractivity (Wildman–Crippen MR) is 174 cm³/mol. The Labute approximate surface area is 266 Å². The number of anilines is 2. The number of nitrogens with zero attached hydrogens (tertiary/aromatic N) is 1. The normalized spacial score (nSPS) is 22.0. The number of methoxy groups -OCH3 is 4. The predicted octanol–water partition coefficient (Wildman–Crippen LogP) is 5.58. The molecule has 4 atom stereocenters. The Bertz CT molecular complexity index is 1930. The maximum Gasteiger partial charge on any atom is 0.238 e. The fourth-order valence-electron chi connectivity index (χ4n) is 7.45. The van der Waals surface area contributed by atoms with Crippen LogP contribution in [0.1, 0.15) is 31.8 Å². The topological polar surface area (TPSA) is 103 Å². The van der Waals surface area contributed by atoms with E-state index in [9.17, 15) is 4.79 Å². The third-order valence-electron chi connectivity index (χ3n) is 9.41. The lowest BCUT2D eigenvalue weighted by Gasteiger charge is -2.37. The molecule has 7 rings (SSSR count). The first-order chi connectivity index (χ1) is 22.4. The smallest absolute Gasteiger partial charge is 0.238 e. The van der Waals surface area contributed by atoms with Gasteiger partial charge in [0, 0.05) is 22.5 Å². The van der Waals surface area contributed by atoms with Crippen LogP contribution in [-0.4, -0.2) is 58.0 Å². The highest BCUT2D eigenvalue weighted by atomic mass is 16.5. The van der Waals surface area contributed by atoms with E-state index in [2.05, 4.69) is 5.32 Å². The summed E-state index contributed by atoms with van der Waals surface area (Å²) in [6.45, 7) is 0. The molecule has 9 nitrogen and oxygen atoms in total. The van der Waals surface area contributed by atoms with Crippen molar-refractivity contribution in [3.05, 3.63) is 113 Å². The van der Waals surface area contributed by atoms with E-state index in [1.54, 1.807) is 42.5 Å². The SMILES string of the molecule is COc1ccc(C(=O)C2C3C=Cc4ccccc4N3C(C(=O)c3ccc(OC)c(OC)c3)C23C(=O)Nc2ccccc23)cc1OC. The molecule has 9 heteroatoms. The molecule has 1 saturated heterocycles. The average Bonchev–Trinajstić information content (AvgIpc) is 3.58. The molecule has 0 aromatic heterocycles. The van der Waals surface area contributed by atoms with Crippen LogP contribution in [0.4, 0.5) is 11.4 Å². The number of benzene rings is 4. The lowest BCUT2D eigenvalue weighted by molar-refractivity contribution is -0.121. The molecule has 0 aliphatic carbocycles. The van der Waals surface area contributed by atoms with E-state index < -0.39 is 29.3 Å². The molecule has 0 saturated carbocycles. The van der Waals surface area contributed by atoms with Crippen molar-refractivity contribution in [3.8, 4) is 23.0 Å². The van der Waals surface area contributed by atoms with Crippen molar-refractivity contribution >= 4 is 34.9 Å². The molecule has 4 aromatic rings. The van der Waals surface area contributed by atoms with Gasteiger partial charge in [0.25, 0.3) is 0 Å². The highest BCUT2D eigenvalue weighted by Crippen LogP contribution is 2.58. The van der Waals surface area contributed by atoms with Crippen LogP contribution in [0.5, 0.6) is 23.0 Å². The molecule has 46 heavy (non-hydrogen) atoms. The molecule has 1 N–H and O–H groups in total. The molecule has 0 bridgehead atoms. The number of ether oxygens (including phenoxy) is 4. The van der Waals surface area contributed by atoms with Gasteiger partial charge in [-0.05, 0) is 59.7 Å². The molecule has 0 radical (unpaired) electrons. The number of hydrogen-bond acceptors (Lipinski definition) is 8. The lowest BCUT2D eigenvalue weighted by atomic mass is 9.63. The van der Waals surface area contributed by atoms with Crippen LogP contribution in [0.2, 0.25) is 0 Å². The van der Waals surface area contributed by atoms with Crippen LogP contribution in [0.3, 0.4) is 0 Å². The second kappa shape index (κ2) is 11.1. The van der Waals surface area contributed by atoms with Crippen LogP contribution in [0, 0.1) is 5.92 Å². The molecular weight excluding hydrogens is 584 g/mol. The van der Waals surface area contributed by atoms with Gasteiger partial charge in [-0.15, -0.1) is 0 Å². The van der Waals surface area contributed by atoms with Gasteiger partial charge in [-0.25, -0.2) is 0 Å². The summed E-state index contributed by atoms with van der Waals surface area (Å²) in [7, 11) is 6.06. The molecule has 3 aliphatic rings. The second-order valence-electron chi connectivity index (χ2n) is 11.4. The van der Waals surface area contributed by atoms with Crippen molar-refractivity contribution < 1.29 is 33.3 Å². The van der Waals surface area contributed by atoms with E-state index in [4.69, 9.17) is 18.9 Å². The highest BCUT2D eigenvalue weighted by molar-refractivity contribution is 6.20. The summed E-state index contributed by atoms with van der Waals surface area (Å²) < 4.78 is 21.9. The van der Waals surface area contributed by atoms with Crippen LogP contribution in [-0.2, 0) is 10.2 Å². The number of fused-ring (bicyclic) bond motifs is 5. The minimum atomic E-state index is -1.60. The Kier molecular flexibility index (Phi) is 7.04. The third-order valence-corrected chi connectivity index (χ3v) is 9.41. The van der Waals surface area contributed by atoms with Crippen LogP contribution in [0.25, 0.3) is 6.08 Å². The summed E-state index contributed by atoms with van der Waals surface area (Å²) in [6.07, 6.45) is 3.89. The van der Waals surface area contributed by atoms with Gasteiger partial charge in [-0.3, -0.25) is 14.4 Å². The lowest BCUT2D eigenvalue weighted by Crippen LogP contribution is -2.55. The minimum Gasteiger partial charge on any atom is -0.493 e. The Hall–Kier alpha value is -5.57. The molecular formula is C37H32N2O7. The van der Waals surface area contributed by atoms with E-state index in [1.165, 1.54) is 28.4 Å². The zero-order valence-corrected chi connectivity index (χ0v) is 25.8. The molecule has 3 aliphatic heterocycles. The number of ketones is 2. The number of carbonyl (C=O) groups excluding carboxylic acids is 3. The number of rotatable bonds is 8. The summed E-state index contributed by atoms with van der Waals surface area (Å²) in [4.78, 5) is 46.7. The maximum atomic E-state index is 15.1. The van der Waals surface area contributed by atoms with Crippen LogP contribution >= 0.6 is 0 Å². The van der Waals surface area contributed by atoms with Gasteiger partial charge in [0.1, 0.15) is 11.5 Å². The fraction of sp³-hybridized carbons (Fsp3) is 0.216. The van der Waals surface area contributed by atoms with E-state index >= 15 is 9.59 Å². The zero-order chi connectivity index (χ0) is 32.2. The summed E-state index contributed by atoms with van der Waals surface area (Å²) in [5.41, 5.74) is 1.86. The van der Waals surface area contributed by atoms with Crippen LogP contribution in [0.15, 0.2) is 91.0 Å². The quantitative estimate of drug-likeness (QED) is 0.256. The summed E-state index contributed by atoms with van der Waals surface area (Å²) >= 11 is 0. The number of para-hydroxylation sites is 2. The number of nitrogens with one attached hydrogen (secondary N) is 1. The van der Waals surface area contributed by atoms with Crippen molar-refractivity contribution in [2.45, 2.75) is 17.5 Å². The standard InChI is InChI=1S/C37H32N2O7/c1-43-28-17-14-22(19-30(28)45-3)33(40)32-27-16-13-21-9-5-8-12-26(21)39(27)35(34(41)23-15-18-29(44-2)31(20-23)46-4)37(32)24-10-6-7-11-25(24)38-36(37)42/h5-20,27,32,35H,1-4H3,(H,38,42). The molecule has 4 unspecified atom stereocenters. The van der Waals surface area contributed by atoms with E-state index in [0.29, 0.717) is 45.4 Å².